The zero-order valence-electron chi connectivity index (χ0n) is 10.9. The fraction of sp³-hybridized carbons (Fsp3) is 0.357. The van der Waals surface area contributed by atoms with Gasteiger partial charge in [0.15, 0.2) is 0 Å². The first kappa shape index (κ1) is 14.1. The maximum absolute atomic E-state index is 11.6. The van der Waals surface area contributed by atoms with Crippen LogP contribution in [0.4, 0.5) is 4.79 Å². The highest BCUT2D eigenvalue weighted by Crippen LogP contribution is 2.09. The van der Waals surface area contributed by atoms with Crippen molar-refractivity contribution in [2.24, 2.45) is 5.73 Å². The molecule has 0 saturated carbocycles. The average Bonchev–Trinajstić information content (AvgIpc) is 2.38. The molecule has 0 saturated heterocycles. The summed E-state index contributed by atoms with van der Waals surface area (Å²) in [4.78, 5) is 13.3. The second-order valence-corrected chi connectivity index (χ2v) is 3.85. The summed E-state index contributed by atoms with van der Waals surface area (Å²) in [7, 11) is 1.76. The Balaban J connectivity index is 2.80. The van der Waals surface area contributed by atoms with Gasteiger partial charge >= 0.3 is 6.03 Å². The van der Waals surface area contributed by atoms with Gasteiger partial charge in [-0.05, 0) is 18.6 Å². The van der Waals surface area contributed by atoms with E-state index in [0.29, 0.717) is 19.6 Å². The van der Waals surface area contributed by atoms with Gasteiger partial charge in [0.2, 0.25) is 0 Å². The molecule has 0 unspecified atom stereocenters. The van der Waals surface area contributed by atoms with E-state index in [1.54, 1.807) is 11.9 Å². The minimum absolute atomic E-state index is 0.0842. The molecule has 0 aliphatic heterocycles. The second kappa shape index (κ2) is 7.36. The number of nitrogens with two attached hydrogens (primary N) is 1. The SMILES string of the molecule is CCNC(=O)N(C)Cc1ccccc1C#CCN. The summed E-state index contributed by atoms with van der Waals surface area (Å²) in [6.45, 7) is 3.38. The number of hydrogen-bond donors (Lipinski definition) is 2. The topological polar surface area (TPSA) is 58.4 Å². The number of carbonyl (C=O) groups excluding carboxylic acids is 1. The Kier molecular flexibility index (Phi) is 5.75. The maximum atomic E-state index is 11.6. The van der Waals surface area contributed by atoms with Crippen molar-refractivity contribution in [2.75, 3.05) is 20.1 Å². The van der Waals surface area contributed by atoms with Gasteiger partial charge in [-0.1, -0.05) is 30.0 Å². The number of hydrogen-bond acceptors (Lipinski definition) is 2. The number of rotatable bonds is 3. The number of urea groups is 1. The number of nitrogens with one attached hydrogen (secondary N) is 1. The molecule has 0 aromatic heterocycles. The molecule has 0 aliphatic rings. The van der Waals surface area contributed by atoms with Crippen LogP contribution in [0.25, 0.3) is 0 Å². The third kappa shape index (κ3) is 4.11. The molecule has 1 aromatic carbocycles. The van der Waals surface area contributed by atoms with Crippen molar-refractivity contribution in [1.82, 2.24) is 10.2 Å². The third-order valence-electron chi connectivity index (χ3n) is 2.42. The van der Waals surface area contributed by atoms with Crippen LogP contribution in [0.15, 0.2) is 24.3 Å². The monoisotopic (exact) mass is 245 g/mol. The number of nitrogens with zero attached hydrogens (tertiary/aromatic N) is 1. The Labute approximate surface area is 108 Å². The Morgan fingerprint density at radius 1 is 1.44 bits per heavy atom. The molecule has 1 aromatic rings. The molecular formula is C14H19N3O. The summed E-state index contributed by atoms with van der Waals surface area (Å²) >= 11 is 0. The van der Waals surface area contributed by atoms with Crippen molar-refractivity contribution in [3.8, 4) is 11.8 Å². The zero-order valence-corrected chi connectivity index (χ0v) is 10.9. The van der Waals surface area contributed by atoms with Crippen LogP contribution in [0, 0.1) is 11.8 Å². The second-order valence-electron chi connectivity index (χ2n) is 3.85. The Morgan fingerprint density at radius 2 is 2.17 bits per heavy atom. The van der Waals surface area contributed by atoms with Gasteiger partial charge in [-0.2, -0.15) is 0 Å². The first-order valence-electron chi connectivity index (χ1n) is 5.94. The Hall–Kier alpha value is -1.99. The van der Waals surface area contributed by atoms with Crippen LogP contribution in [0.2, 0.25) is 0 Å². The van der Waals surface area contributed by atoms with Crippen LogP contribution in [0.1, 0.15) is 18.1 Å². The molecule has 0 bridgehead atoms. The predicted molar refractivity (Wildman–Crippen MR) is 72.9 cm³/mol. The highest BCUT2D eigenvalue weighted by molar-refractivity contribution is 5.73. The molecular weight excluding hydrogens is 226 g/mol. The average molecular weight is 245 g/mol. The minimum Gasteiger partial charge on any atom is -0.338 e. The third-order valence-corrected chi connectivity index (χ3v) is 2.42. The first-order chi connectivity index (χ1) is 8.69. The molecule has 0 fully saturated rings. The van der Waals surface area contributed by atoms with E-state index in [9.17, 15) is 4.79 Å². The van der Waals surface area contributed by atoms with Gasteiger partial charge in [-0.25, -0.2) is 4.79 Å². The van der Waals surface area contributed by atoms with E-state index in [-0.39, 0.29) is 6.03 Å². The van der Waals surface area contributed by atoms with Crippen LogP contribution < -0.4 is 11.1 Å². The van der Waals surface area contributed by atoms with Crippen molar-refractivity contribution in [3.63, 3.8) is 0 Å². The van der Waals surface area contributed by atoms with E-state index in [0.717, 1.165) is 11.1 Å². The van der Waals surface area contributed by atoms with Crippen molar-refractivity contribution in [2.45, 2.75) is 13.5 Å². The largest absolute Gasteiger partial charge is 0.338 e. The van der Waals surface area contributed by atoms with E-state index in [1.165, 1.54) is 0 Å². The summed E-state index contributed by atoms with van der Waals surface area (Å²) in [6, 6.07) is 7.68. The van der Waals surface area contributed by atoms with Gasteiger partial charge in [0.25, 0.3) is 0 Å². The summed E-state index contributed by atoms with van der Waals surface area (Å²) in [5, 5.41) is 2.76. The lowest BCUT2D eigenvalue weighted by molar-refractivity contribution is 0.207. The summed E-state index contributed by atoms with van der Waals surface area (Å²) in [5.74, 6) is 5.85. The highest BCUT2D eigenvalue weighted by atomic mass is 16.2. The first-order valence-corrected chi connectivity index (χ1v) is 5.94. The molecule has 96 valence electrons. The zero-order chi connectivity index (χ0) is 13.4. The minimum atomic E-state index is -0.0842. The van der Waals surface area contributed by atoms with Gasteiger partial charge in [-0.15, -0.1) is 0 Å². The van der Waals surface area contributed by atoms with Crippen LogP contribution in [-0.2, 0) is 6.54 Å². The molecule has 0 spiro atoms. The van der Waals surface area contributed by atoms with Crippen molar-refractivity contribution < 1.29 is 4.79 Å². The normalized spacial score (nSPS) is 9.28. The molecule has 4 heteroatoms. The Morgan fingerprint density at radius 3 is 2.83 bits per heavy atom. The van der Waals surface area contributed by atoms with Gasteiger partial charge in [-0.3, -0.25) is 0 Å². The summed E-state index contributed by atoms with van der Waals surface area (Å²) < 4.78 is 0. The highest BCUT2D eigenvalue weighted by Gasteiger charge is 2.09. The molecule has 0 heterocycles. The van der Waals surface area contributed by atoms with E-state index in [4.69, 9.17) is 5.73 Å². The van der Waals surface area contributed by atoms with Gasteiger partial charge in [0.1, 0.15) is 0 Å². The van der Waals surface area contributed by atoms with Gasteiger partial charge in [0, 0.05) is 25.7 Å². The molecule has 0 atom stereocenters. The molecule has 2 amide bonds. The molecule has 4 nitrogen and oxygen atoms in total. The van der Waals surface area contributed by atoms with Gasteiger partial charge in [0.05, 0.1) is 6.54 Å². The van der Waals surface area contributed by atoms with Crippen LogP contribution in [0.5, 0.6) is 0 Å². The van der Waals surface area contributed by atoms with Gasteiger partial charge < -0.3 is 16.0 Å². The maximum Gasteiger partial charge on any atom is 0.317 e. The molecule has 3 N–H and O–H groups in total. The van der Waals surface area contributed by atoms with Crippen molar-refractivity contribution in [3.05, 3.63) is 35.4 Å². The lowest BCUT2D eigenvalue weighted by Gasteiger charge is -2.18. The van der Waals surface area contributed by atoms with E-state index >= 15 is 0 Å². The molecule has 18 heavy (non-hydrogen) atoms. The predicted octanol–water partition coefficient (Wildman–Crippen LogP) is 1.16. The molecule has 0 aliphatic carbocycles. The molecule has 1 rings (SSSR count). The summed E-state index contributed by atoms with van der Waals surface area (Å²) in [6.07, 6.45) is 0. The summed E-state index contributed by atoms with van der Waals surface area (Å²) in [5.41, 5.74) is 7.30. The van der Waals surface area contributed by atoms with E-state index < -0.39 is 0 Å². The standard InChI is InChI=1S/C14H19N3O/c1-3-16-14(18)17(2)11-13-8-5-4-7-12(13)9-6-10-15/h4-5,7-8H,3,10-11,15H2,1-2H3,(H,16,18). The molecule has 0 radical (unpaired) electrons. The number of amides is 2. The van der Waals surface area contributed by atoms with E-state index in [2.05, 4.69) is 17.2 Å². The van der Waals surface area contributed by atoms with Crippen LogP contribution >= 0.6 is 0 Å². The van der Waals surface area contributed by atoms with Crippen molar-refractivity contribution in [1.29, 1.82) is 0 Å². The van der Waals surface area contributed by atoms with Crippen LogP contribution in [-0.4, -0.2) is 31.1 Å². The van der Waals surface area contributed by atoms with E-state index in [1.807, 2.05) is 31.2 Å². The smallest absolute Gasteiger partial charge is 0.317 e. The quantitative estimate of drug-likeness (QED) is 0.785. The lowest BCUT2D eigenvalue weighted by Crippen LogP contribution is -2.36. The van der Waals surface area contributed by atoms with Crippen LogP contribution in [0.3, 0.4) is 0 Å². The Bertz CT molecular complexity index is 460. The fourth-order valence-electron chi connectivity index (χ4n) is 1.54. The number of carbonyl (C=O) groups is 1. The van der Waals surface area contributed by atoms with Crippen molar-refractivity contribution >= 4 is 6.03 Å². The fourth-order valence-corrected chi connectivity index (χ4v) is 1.54. The number of benzene rings is 1. The lowest BCUT2D eigenvalue weighted by atomic mass is 10.1.